The zero-order valence-corrected chi connectivity index (χ0v) is 11.4. The number of amides is 1. The molecule has 0 bridgehead atoms. The molecule has 2 atom stereocenters. The molecule has 2 aliphatic heterocycles. The molecule has 2 saturated heterocycles. The molecule has 16 heavy (non-hydrogen) atoms. The molecule has 2 aliphatic rings. The fraction of sp³-hybridized carbons (Fsp3) is 0.909. The van der Waals surface area contributed by atoms with Gasteiger partial charge in [0.05, 0.1) is 5.41 Å². The fourth-order valence-corrected chi connectivity index (χ4v) is 4.70. The highest BCUT2D eigenvalue weighted by Crippen LogP contribution is 2.26. The lowest BCUT2D eigenvalue weighted by molar-refractivity contribution is -0.129. The second-order valence-corrected chi connectivity index (χ2v) is 7.32. The van der Waals surface area contributed by atoms with Gasteiger partial charge in [0, 0.05) is 35.6 Å². The second kappa shape index (κ2) is 5.65. The minimum atomic E-state index is -0.174. The summed E-state index contributed by atoms with van der Waals surface area (Å²) in [7, 11) is 0. The third kappa shape index (κ3) is 3.08. The zero-order chi connectivity index (χ0) is 11.4. The number of carbonyl (C=O) groups is 1. The summed E-state index contributed by atoms with van der Waals surface area (Å²) in [4.78, 5) is 12.0. The summed E-state index contributed by atoms with van der Waals surface area (Å²) in [5.74, 6) is 3.90. The predicted octanol–water partition coefficient (Wildman–Crippen LogP) is 0.951. The van der Waals surface area contributed by atoms with Crippen molar-refractivity contribution < 1.29 is 4.79 Å². The number of carbonyl (C=O) groups excluding carboxylic acids is 1. The second-order valence-electron chi connectivity index (χ2n) is 4.77. The Morgan fingerprint density at radius 1 is 1.56 bits per heavy atom. The summed E-state index contributed by atoms with van der Waals surface area (Å²) in [6, 6.07) is 0. The Labute approximate surface area is 106 Å². The summed E-state index contributed by atoms with van der Waals surface area (Å²) < 4.78 is 0. The lowest BCUT2D eigenvalue weighted by Gasteiger charge is -2.25. The van der Waals surface area contributed by atoms with E-state index < -0.39 is 0 Å². The molecule has 2 rings (SSSR count). The van der Waals surface area contributed by atoms with E-state index in [9.17, 15) is 4.79 Å². The highest BCUT2D eigenvalue weighted by Gasteiger charge is 2.36. The van der Waals surface area contributed by atoms with E-state index in [1.807, 2.05) is 23.5 Å². The molecule has 1 amide bonds. The van der Waals surface area contributed by atoms with Crippen molar-refractivity contribution in [3.8, 4) is 0 Å². The van der Waals surface area contributed by atoms with Crippen LogP contribution in [0.3, 0.4) is 0 Å². The van der Waals surface area contributed by atoms with Crippen molar-refractivity contribution in [1.29, 1.82) is 0 Å². The van der Waals surface area contributed by atoms with E-state index in [4.69, 9.17) is 0 Å². The Morgan fingerprint density at radius 2 is 2.44 bits per heavy atom. The molecule has 0 saturated carbocycles. The first-order valence-electron chi connectivity index (χ1n) is 5.89. The average Bonchev–Trinajstić information content (AvgIpc) is 2.76. The molecular formula is C11H20N2OS2. The zero-order valence-electron chi connectivity index (χ0n) is 9.75. The first-order valence-corrected chi connectivity index (χ1v) is 8.09. The van der Waals surface area contributed by atoms with Gasteiger partial charge in [-0.25, -0.2) is 0 Å². The van der Waals surface area contributed by atoms with Gasteiger partial charge in [-0.3, -0.25) is 4.79 Å². The third-order valence-electron chi connectivity index (χ3n) is 3.29. The van der Waals surface area contributed by atoms with Gasteiger partial charge in [-0.15, -0.1) is 0 Å². The smallest absolute Gasteiger partial charge is 0.227 e. The molecule has 3 nitrogen and oxygen atoms in total. The van der Waals surface area contributed by atoms with Crippen molar-refractivity contribution in [1.82, 2.24) is 10.6 Å². The quantitative estimate of drug-likeness (QED) is 0.793. The van der Waals surface area contributed by atoms with Crippen molar-refractivity contribution >= 4 is 29.4 Å². The van der Waals surface area contributed by atoms with Crippen molar-refractivity contribution in [2.75, 3.05) is 36.9 Å². The van der Waals surface area contributed by atoms with Crippen LogP contribution in [0.25, 0.3) is 0 Å². The van der Waals surface area contributed by atoms with Gasteiger partial charge in [0.25, 0.3) is 0 Å². The van der Waals surface area contributed by atoms with E-state index in [1.165, 1.54) is 17.3 Å². The number of hydrogen-bond donors (Lipinski definition) is 2. The van der Waals surface area contributed by atoms with Crippen LogP contribution < -0.4 is 10.6 Å². The SMILES string of the molecule is CC1(C(=O)NCC2CSCCS2)CCNC1. The highest BCUT2D eigenvalue weighted by molar-refractivity contribution is 8.06. The summed E-state index contributed by atoms with van der Waals surface area (Å²) in [5.41, 5.74) is -0.174. The Balaban J connectivity index is 1.74. The molecule has 2 N–H and O–H groups in total. The highest BCUT2D eigenvalue weighted by atomic mass is 32.2. The van der Waals surface area contributed by atoms with E-state index in [0.717, 1.165) is 26.1 Å². The first kappa shape index (κ1) is 12.6. The molecule has 0 spiro atoms. The van der Waals surface area contributed by atoms with Crippen molar-refractivity contribution in [2.45, 2.75) is 18.6 Å². The summed E-state index contributed by atoms with van der Waals surface area (Å²) >= 11 is 4.00. The summed E-state index contributed by atoms with van der Waals surface area (Å²) in [5, 5.41) is 6.99. The third-order valence-corrected chi connectivity index (χ3v) is 6.14. The van der Waals surface area contributed by atoms with Gasteiger partial charge < -0.3 is 10.6 Å². The van der Waals surface area contributed by atoms with Gasteiger partial charge in [-0.05, 0) is 19.9 Å². The number of nitrogens with one attached hydrogen (secondary N) is 2. The predicted molar refractivity (Wildman–Crippen MR) is 72.2 cm³/mol. The van der Waals surface area contributed by atoms with Crippen molar-refractivity contribution in [2.24, 2.45) is 5.41 Å². The van der Waals surface area contributed by atoms with E-state index in [1.54, 1.807) is 0 Å². The van der Waals surface area contributed by atoms with Crippen LogP contribution in [0.15, 0.2) is 0 Å². The van der Waals surface area contributed by atoms with Gasteiger partial charge in [0.1, 0.15) is 0 Å². The lowest BCUT2D eigenvalue weighted by Crippen LogP contribution is -2.43. The summed E-state index contributed by atoms with van der Waals surface area (Å²) in [6.45, 7) is 4.69. The summed E-state index contributed by atoms with van der Waals surface area (Å²) in [6.07, 6.45) is 0.964. The van der Waals surface area contributed by atoms with E-state index in [-0.39, 0.29) is 11.3 Å². The van der Waals surface area contributed by atoms with Crippen LogP contribution in [-0.2, 0) is 4.79 Å². The number of rotatable bonds is 3. The van der Waals surface area contributed by atoms with Crippen LogP contribution in [0.1, 0.15) is 13.3 Å². The van der Waals surface area contributed by atoms with Gasteiger partial charge in [0.15, 0.2) is 0 Å². The minimum Gasteiger partial charge on any atom is -0.354 e. The van der Waals surface area contributed by atoms with Gasteiger partial charge in [-0.2, -0.15) is 23.5 Å². The van der Waals surface area contributed by atoms with Crippen LogP contribution in [0, 0.1) is 5.41 Å². The maximum absolute atomic E-state index is 12.0. The van der Waals surface area contributed by atoms with Crippen molar-refractivity contribution in [3.05, 3.63) is 0 Å². The maximum atomic E-state index is 12.0. The van der Waals surface area contributed by atoms with E-state index in [0.29, 0.717) is 5.25 Å². The standard InChI is InChI=1S/C11H20N2OS2/c1-11(2-3-12-8-11)10(14)13-6-9-7-15-4-5-16-9/h9,12H,2-8H2,1H3,(H,13,14). The molecule has 5 heteroatoms. The van der Waals surface area contributed by atoms with Gasteiger partial charge in [0.2, 0.25) is 5.91 Å². The Kier molecular flexibility index (Phi) is 4.44. The molecular weight excluding hydrogens is 240 g/mol. The fourth-order valence-electron chi connectivity index (χ4n) is 2.09. The molecule has 0 aliphatic carbocycles. The Morgan fingerprint density at radius 3 is 3.06 bits per heavy atom. The first-order chi connectivity index (χ1) is 7.71. The molecule has 92 valence electrons. The molecule has 2 fully saturated rings. The molecule has 0 aromatic carbocycles. The van der Waals surface area contributed by atoms with Crippen molar-refractivity contribution in [3.63, 3.8) is 0 Å². The molecule has 2 heterocycles. The van der Waals surface area contributed by atoms with E-state index >= 15 is 0 Å². The van der Waals surface area contributed by atoms with Gasteiger partial charge in [-0.1, -0.05) is 0 Å². The molecule has 2 unspecified atom stereocenters. The van der Waals surface area contributed by atoms with Crippen LogP contribution in [0.4, 0.5) is 0 Å². The average molecular weight is 260 g/mol. The maximum Gasteiger partial charge on any atom is 0.227 e. The molecule has 0 aromatic heterocycles. The van der Waals surface area contributed by atoms with E-state index in [2.05, 4.69) is 17.6 Å². The Bertz CT molecular complexity index is 248. The van der Waals surface area contributed by atoms with Crippen LogP contribution in [0.5, 0.6) is 0 Å². The van der Waals surface area contributed by atoms with Gasteiger partial charge >= 0.3 is 0 Å². The molecule has 0 radical (unpaired) electrons. The normalized spacial score (nSPS) is 34.9. The lowest BCUT2D eigenvalue weighted by atomic mass is 9.89. The number of thioether (sulfide) groups is 2. The van der Waals surface area contributed by atoms with Crippen LogP contribution in [0.2, 0.25) is 0 Å². The minimum absolute atomic E-state index is 0.174. The number of hydrogen-bond acceptors (Lipinski definition) is 4. The monoisotopic (exact) mass is 260 g/mol. The van der Waals surface area contributed by atoms with Crippen LogP contribution >= 0.6 is 23.5 Å². The molecule has 0 aromatic rings. The largest absolute Gasteiger partial charge is 0.354 e. The van der Waals surface area contributed by atoms with Crippen LogP contribution in [-0.4, -0.2) is 48.0 Å². The topological polar surface area (TPSA) is 41.1 Å². The Hall–Kier alpha value is 0.130.